The topological polar surface area (TPSA) is 98.5 Å². The van der Waals surface area contributed by atoms with Crippen molar-refractivity contribution in [1.82, 2.24) is 4.90 Å². The highest BCUT2D eigenvalue weighted by Gasteiger charge is 2.23. The third kappa shape index (κ3) is 6.34. The van der Waals surface area contributed by atoms with Crippen LogP contribution >= 0.6 is 0 Å². The fraction of sp³-hybridized carbons (Fsp3) is 0.292. The SMILES string of the molecule is C/C(N)=C/C=C(\[NH3+])Oc1ccc(C(=O)Nc2ccc(N3CCC(N(C)C)C3)cc2)cc1. The van der Waals surface area contributed by atoms with Crippen LogP contribution in [-0.4, -0.2) is 44.0 Å². The summed E-state index contributed by atoms with van der Waals surface area (Å²) in [6.45, 7) is 3.87. The first-order chi connectivity index (χ1) is 14.8. The van der Waals surface area contributed by atoms with Gasteiger partial charge < -0.3 is 25.6 Å². The Morgan fingerprint density at radius 3 is 2.42 bits per heavy atom. The molecule has 164 valence electrons. The van der Waals surface area contributed by atoms with Gasteiger partial charge in [0.1, 0.15) is 5.75 Å². The Labute approximate surface area is 184 Å². The summed E-state index contributed by atoms with van der Waals surface area (Å²) in [6, 6.07) is 15.5. The standard InChI is InChI=1S/C24H31N5O2/c1-17(25)4-13-23(26)31-22-11-5-18(6-12-22)24(30)27-19-7-9-20(10-8-19)29-15-14-21(16-29)28(2)3/h4-13,21H,14-16,25-26H2,1-3H3,(H,27,30)/p+1/b17-4-,23-13+. The van der Waals surface area contributed by atoms with Gasteiger partial charge in [0.05, 0.1) is 0 Å². The Morgan fingerprint density at radius 2 is 1.84 bits per heavy atom. The number of benzene rings is 2. The van der Waals surface area contributed by atoms with Crippen LogP contribution in [0.5, 0.6) is 5.75 Å². The average molecular weight is 423 g/mol. The molecule has 0 aromatic heterocycles. The molecule has 2 aromatic rings. The minimum Gasteiger partial charge on any atom is -0.413 e. The first-order valence-electron chi connectivity index (χ1n) is 10.4. The number of anilines is 2. The summed E-state index contributed by atoms with van der Waals surface area (Å²) in [5, 5.41) is 2.94. The second-order valence-electron chi connectivity index (χ2n) is 8.02. The van der Waals surface area contributed by atoms with Crippen LogP contribution in [0.1, 0.15) is 23.7 Å². The van der Waals surface area contributed by atoms with E-state index in [1.807, 2.05) is 12.1 Å². The molecule has 0 spiro atoms. The first-order valence-corrected chi connectivity index (χ1v) is 10.4. The smallest absolute Gasteiger partial charge is 0.291 e. The van der Waals surface area contributed by atoms with Crippen molar-refractivity contribution in [3.8, 4) is 5.75 Å². The zero-order chi connectivity index (χ0) is 22.4. The van der Waals surface area contributed by atoms with Gasteiger partial charge in [-0.3, -0.25) is 10.5 Å². The maximum absolute atomic E-state index is 12.6. The number of likely N-dealkylation sites (N-methyl/N-ethyl adjacent to an activating group) is 1. The Kier molecular flexibility index (Phi) is 7.33. The molecule has 6 N–H and O–H groups in total. The zero-order valence-electron chi connectivity index (χ0n) is 18.5. The minimum absolute atomic E-state index is 0.166. The van der Waals surface area contributed by atoms with Crippen molar-refractivity contribution < 1.29 is 15.3 Å². The number of carbonyl (C=O) groups excluding carboxylic acids is 1. The third-order valence-electron chi connectivity index (χ3n) is 5.28. The number of ether oxygens (including phenoxy) is 1. The van der Waals surface area contributed by atoms with Gasteiger partial charge in [-0.25, -0.2) is 0 Å². The van der Waals surface area contributed by atoms with Gasteiger partial charge in [-0.05, 0) is 82.0 Å². The van der Waals surface area contributed by atoms with Gasteiger partial charge in [-0.15, -0.1) is 0 Å². The number of allylic oxidation sites excluding steroid dienone is 3. The maximum Gasteiger partial charge on any atom is 0.291 e. The van der Waals surface area contributed by atoms with Gasteiger partial charge in [0.25, 0.3) is 11.8 Å². The van der Waals surface area contributed by atoms with Gasteiger partial charge in [0.15, 0.2) is 0 Å². The molecule has 1 unspecified atom stereocenters. The molecule has 2 aromatic carbocycles. The number of nitrogens with zero attached hydrogens (tertiary/aromatic N) is 2. The largest absolute Gasteiger partial charge is 0.413 e. The summed E-state index contributed by atoms with van der Waals surface area (Å²) in [6.07, 6.45) is 4.59. The quantitative estimate of drug-likeness (QED) is 0.470. The summed E-state index contributed by atoms with van der Waals surface area (Å²) in [4.78, 5) is 17.2. The van der Waals surface area contributed by atoms with E-state index in [9.17, 15) is 4.79 Å². The van der Waals surface area contributed by atoms with Crippen LogP contribution in [0.25, 0.3) is 0 Å². The second kappa shape index (κ2) is 10.1. The first kappa shape index (κ1) is 22.4. The van der Waals surface area contributed by atoms with E-state index >= 15 is 0 Å². The fourth-order valence-electron chi connectivity index (χ4n) is 3.44. The fourth-order valence-corrected chi connectivity index (χ4v) is 3.44. The van der Waals surface area contributed by atoms with Crippen molar-refractivity contribution in [2.75, 3.05) is 37.4 Å². The Morgan fingerprint density at radius 1 is 1.16 bits per heavy atom. The average Bonchev–Trinajstić information content (AvgIpc) is 3.24. The number of hydrogen-bond donors (Lipinski definition) is 3. The lowest BCUT2D eigenvalue weighted by Crippen LogP contribution is -2.50. The van der Waals surface area contributed by atoms with E-state index in [2.05, 4.69) is 47.1 Å². The third-order valence-corrected chi connectivity index (χ3v) is 5.28. The van der Waals surface area contributed by atoms with E-state index in [1.54, 1.807) is 43.3 Å². The predicted octanol–water partition coefficient (Wildman–Crippen LogP) is 2.40. The number of nitrogens with one attached hydrogen (secondary N) is 1. The van der Waals surface area contributed by atoms with Crippen molar-refractivity contribution in [3.63, 3.8) is 0 Å². The molecule has 7 nitrogen and oxygen atoms in total. The van der Waals surface area contributed by atoms with E-state index in [-0.39, 0.29) is 5.91 Å². The highest BCUT2D eigenvalue weighted by Crippen LogP contribution is 2.24. The Bertz CT molecular complexity index is 945. The van der Waals surface area contributed by atoms with Crippen LogP contribution in [0, 0.1) is 0 Å². The van der Waals surface area contributed by atoms with Gasteiger partial charge in [-0.2, -0.15) is 0 Å². The van der Waals surface area contributed by atoms with Gasteiger partial charge >= 0.3 is 0 Å². The lowest BCUT2D eigenvalue weighted by atomic mass is 10.2. The minimum atomic E-state index is -0.166. The summed E-state index contributed by atoms with van der Waals surface area (Å²) in [5.74, 6) is 0.907. The number of carbonyl (C=O) groups is 1. The molecule has 0 aliphatic carbocycles. The van der Waals surface area contributed by atoms with Gasteiger partial charge in [0, 0.05) is 47.8 Å². The number of quaternary nitrogens is 1. The Balaban J connectivity index is 1.56. The van der Waals surface area contributed by atoms with E-state index in [0.29, 0.717) is 28.9 Å². The van der Waals surface area contributed by atoms with Gasteiger partial charge in [0.2, 0.25) is 0 Å². The highest BCUT2D eigenvalue weighted by atomic mass is 16.5. The summed E-state index contributed by atoms with van der Waals surface area (Å²) >= 11 is 0. The van der Waals surface area contributed by atoms with Crippen LogP contribution < -0.4 is 26.4 Å². The van der Waals surface area contributed by atoms with Crippen molar-refractivity contribution in [2.45, 2.75) is 19.4 Å². The molecule has 1 aliphatic heterocycles. The van der Waals surface area contributed by atoms with E-state index < -0.39 is 0 Å². The van der Waals surface area contributed by atoms with Crippen LogP contribution in [0.3, 0.4) is 0 Å². The number of amides is 1. The predicted molar refractivity (Wildman–Crippen MR) is 125 cm³/mol. The lowest BCUT2D eigenvalue weighted by Gasteiger charge is -2.22. The molecule has 7 heteroatoms. The summed E-state index contributed by atoms with van der Waals surface area (Å²) in [7, 11) is 4.25. The number of rotatable bonds is 7. The van der Waals surface area contributed by atoms with E-state index in [1.165, 1.54) is 12.1 Å². The molecule has 0 bridgehead atoms. The van der Waals surface area contributed by atoms with Gasteiger partial charge in [-0.1, -0.05) is 0 Å². The molecule has 31 heavy (non-hydrogen) atoms. The van der Waals surface area contributed by atoms with Crippen LogP contribution in [0.15, 0.2) is 72.3 Å². The molecule has 0 radical (unpaired) electrons. The molecule has 1 aliphatic rings. The molecule has 0 saturated carbocycles. The van der Waals surface area contributed by atoms with Crippen molar-refractivity contribution >= 4 is 17.3 Å². The Hall–Kier alpha value is -3.29. The molecule has 1 saturated heterocycles. The molecule has 1 heterocycles. The molecule has 3 rings (SSSR count). The van der Waals surface area contributed by atoms with Crippen molar-refractivity contribution in [3.05, 3.63) is 77.8 Å². The van der Waals surface area contributed by atoms with Crippen molar-refractivity contribution in [2.24, 2.45) is 5.73 Å². The number of hydrogen-bond acceptors (Lipinski definition) is 5. The number of nitrogens with two attached hydrogens (primary N) is 1. The molecule has 1 amide bonds. The van der Waals surface area contributed by atoms with Crippen LogP contribution in [0.4, 0.5) is 11.4 Å². The maximum atomic E-state index is 12.6. The molecular weight excluding hydrogens is 390 g/mol. The highest BCUT2D eigenvalue weighted by molar-refractivity contribution is 6.04. The summed E-state index contributed by atoms with van der Waals surface area (Å²) in [5.41, 5.74) is 12.6. The van der Waals surface area contributed by atoms with E-state index in [4.69, 9.17) is 10.5 Å². The van der Waals surface area contributed by atoms with Crippen LogP contribution in [-0.2, 0) is 0 Å². The monoisotopic (exact) mass is 422 g/mol. The lowest BCUT2D eigenvalue weighted by molar-refractivity contribution is -0.342. The van der Waals surface area contributed by atoms with Crippen molar-refractivity contribution in [1.29, 1.82) is 0 Å². The zero-order valence-corrected chi connectivity index (χ0v) is 18.5. The summed E-state index contributed by atoms with van der Waals surface area (Å²) < 4.78 is 5.61. The van der Waals surface area contributed by atoms with Crippen LogP contribution in [0.2, 0.25) is 0 Å². The molecule has 1 atom stereocenters. The van der Waals surface area contributed by atoms with E-state index in [0.717, 1.165) is 18.8 Å². The second-order valence-corrected chi connectivity index (χ2v) is 8.02. The molecule has 1 fully saturated rings. The normalized spacial score (nSPS) is 17.2. The molecular formula is C24H32N5O2+.